The van der Waals surface area contributed by atoms with Gasteiger partial charge in [0.05, 0.1) is 13.2 Å². The van der Waals surface area contributed by atoms with E-state index in [0.29, 0.717) is 5.39 Å². The molecular formula is C17H17NO3. The molecule has 4 nitrogen and oxygen atoms in total. The maximum Gasteiger partial charge on any atom is 0.262 e. The third-order valence-corrected chi connectivity index (χ3v) is 3.73. The second kappa shape index (κ2) is 5.58. The van der Waals surface area contributed by atoms with Crippen LogP contribution in [0, 0.1) is 0 Å². The molecule has 2 aromatic rings. The summed E-state index contributed by atoms with van der Waals surface area (Å²) in [5.41, 5.74) is 0.855. The topological polar surface area (TPSA) is 40.5 Å². The Balaban J connectivity index is 2.06. The molecule has 4 heteroatoms. The molecule has 108 valence electrons. The summed E-state index contributed by atoms with van der Waals surface area (Å²) in [5, 5.41) is 1.56. The van der Waals surface area contributed by atoms with E-state index in [4.69, 9.17) is 9.47 Å². The number of rotatable bonds is 3. The third kappa shape index (κ3) is 2.50. The molecule has 0 fully saturated rings. The first-order valence-electron chi connectivity index (χ1n) is 6.84. The summed E-state index contributed by atoms with van der Waals surface area (Å²) in [4.78, 5) is 12.6. The van der Waals surface area contributed by atoms with Crippen molar-refractivity contribution in [2.45, 2.75) is 12.5 Å². The second-order valence-electron chi connectivity index (χ2n) is 4.94. The van der Waals surface area contributed by atoms with E-state index in [1.54, 1.807) is 37.1 Å². The number of methoxy groups -OCH3 is 2. The smallest absolute Gasteiger partial charge is 0.262 e. The lowest BCUT2D eigenvalue weighted by Gasteiger charge is -2.16. The molecule has 0 saturated carbocycles. The van der Waals surface area contributed by atoms with Gasteiger partial charge in [-0.3, -0.25) is 9.36 Å². The first-order chi connectivity index (χ1) is 10.2. The predicted octanol–water partition coefficient (Wildman–Crippen LogP) is 2.83. The number of pyridine rings is 1. The fourth-order valence-electron chi connectivity index (χ4n) is 2.50. The zero-order valence-electron chi connectivity index (χ0n) is 12.1. The van der Waals surface area contributed by atoms with E-state index < -0.39 is 0 Å². The standard InChI is InChI=1S/C17H17NO3/c1-20-14-5-3-13(4-6-14)18-10-9-12-11-15(21-2)7-8-16(12)17(18)19/h3-5,7-11,14H,6H2,1-2H3. The monoisotopic (exact) mass is 283 g/mol. The number of fused-ring (bicyclic) bond motifs is 1. The lowest BCUT2D eigenvalue weighted by Crippen LogP contribution is -2.20. The predicted molar refractivity (Wildman–Crippen MR) is 83.6 cm³/mol. The zero-order valence-corrected chi connectivity index (χ0v) is 12.1. The van der Waals surface area contributed by atoms with Crippen LogP contribution in [0.3, 0.4) is 0 Å². The van der Waals surface area contributed by atoms with Crippen LogP contribution < -0.4 is 10.3 Å². The minimum atomic E-state index is -0.0260. The van der Waals surface area contributed by atoms with Crippen LogP contribution in [0.5, 0.6) is 5.75 Å². The number of hydrogen-bond donors (Lipinski definition) is 0. The third-order valence-electron chi connectivity index (χ3n) is 3.73. The second-order valence-corrected chi connectivity index (χ2v) is 4.94. The fraction of sp³-hybridized carbons (Fsp3) is 0.235. The Hall–Kier alpha value is -2.33. The van der Waals surface area contributed by atoms with E-state index >= 15 is 0 Å². The van der Waals surface area contributed by atoms with Gasteiger partial charge in [-0.2, -0.15) is 0 Å². The highest BCUT2D eigenvalue weighted by Crippen LogP contribution is 2.20. The molecule has 0 N–H and O–H groups in total. The van der Waals surface area contributed by atoms with Crippen LogP contribution in [0.4, 0.5) is 0 Å². The van der Waals surface area contributed by atoms with Gasteiger partial charge in [-0.05, 0) is 42.1 Å². The maximum atomic E-state index is 12.6. The van der Waals surface area contributed by atoms with Gasteiger partial charge in [0.1, 0.15) is 5.75 Å². The number of ether oxygens (including phenoxy) is 2. The maximum absolute atomic E-state index is 12.6. The minimum absolute atomic E-state index is 0.0260. The average Bonchev–Trinajstić information content (AvgIpc) is 2.55. The first-order valence-corrected chi connectivity index (χ1v) is 6.84. The highest BCUT2D eigenvalue weighted by molar-refractivity contribution is 5.83. The van der Waals surface area contributed by atoms with Gasteiger partial charge in [-0.15, -0.1) is 0 Å². The van der Waals surface area contributed by atoms with Crippen molar-refractivity contribution >= 4 is 16.5 Å². The Morgan fingerprint density at radius 3 is 2.76 bits per heavy atom. The largest absolute Gasteiger partial charge is 0.497 e. The van der Waals surface area contributed by atoms with Crippen molar-refractivity contribution in [3.05, 3.63) is 59.0 Å². The lowest BCUT2D eigenvalue weighted by molar-refractivity contribution is 0.143. The molecule has 1 unspecified atom stereocenters. The van der Waals surface area contributed by atoms with Crippen LogP contribution in [-0.2, 0) is 4.74 Å². The number of aromatic nitrogens is 1. The van der Waals surface area contributed by atoms with Gasteiger partial charge in [0.25, 0.3) is 5.56 Å². The van der Waals surface area contributed by atoms with Gasteiger partial charge in [-0.25, -0.2) is 0 Å². The van der Waals surface area contributed by atoms with Gasteiger partial charge in [-0.1, -0.05) is 12.2 Å². The number of benzene rings is 1. The molecule has 1 aliphatic carbocycles. The summed E-state index contributed by atoms with van der Waals surface area (Å²) in [6, 6.07) is 7.40. The summed E-state index contributed by atoms with van der Waals surface area (Å²) in [6.07, 6.45) is 8.58. The summed E-state index contributed by atoms with van der Waals surface area (Å²) in [6.45, 7) is 0. The van der Waals surface area contributed by atoms with Crippen LogP contribution in [0.2, 0.25) is 0 Å². The average molecular weight is 283 g/mol. The van der Waals surface area contributed by atoms with Crippen molar-refractivity contribution in [1.82, 2.24) is 4.57 Å². The zero-order chi connectivity index (χ0) is 14.8. The van der Waals surface area contributed by atoms with Crippen molar-refractivity contribution in [3.8, 4) is 5.75 Å². The van der Waals surface area contributed by atoms with Crippen LogP contribution in [0.25, 0.3) is 16.5 Å². The Kier molecular flexibility index (Phi) is 3.62. The van der Waals surface area contributed by atoms with Gasteiger partial charge in [0.15, 0.2) is 0 Å². The Bertz CT molecular complexity index is 786. The normalized spacial score (nSPS) is 17.8. The van der Waals surface area contributed by atoms with E-state index in [1.807, 2.05) is 30.4 Å². The molecule has 3 rings (SSSR count). The molecule has 21 heavy (non-hydrogen) atoms. The van der Waals surface area contributed by atoms with E-state index in [-0.39, 0.29) is 11.7 Å². The number of hydrogen-bond acceptors (Lipinski definition) is 3. The quantitative estimate of drug-likeness (QED) is 0.869. The molecule has 0 radical (unpaired) electrons. The Morgan fingerprint density at radius 1 is 1.24 bits per heavy atom. The van der Waals surface area contributed by atoms with Gasteiger partial charge in [0, 0.05) is 24.4 Å². The Morgan fingerprint density at radius 2 is 2.10 bits per heavy atom. The van der Waals surface area contributed by atoms with Crippen LogP contribution in [0.1, 0.15) is 6.42 Å². The van der Waals surface area contributed by atoms with Crippen molar-refractivity contribution in [2.24, 2.45) is 0 Å². The lowest BCUT2D eigenvalue weighted by atomic mass is 10.1. The van der Waals surface area contributed by atoms with Crippen LogP contribution in [-0.4, -0.2) is 24.9 Å². The van der Waals surface area contributed by atoms with E-state index in [9.17, 15) is 4.79 Å². The van der Waals surface area contributed by atoms with Gasteiger partial charge < -0.3 is 9.47 Å². The number of allylic oxidation sites excluding steroid dienone is 2. The molecule has 1 atom stereocenters. The van der Waals surface area contributed by atoms with Gasteiger partial charge in [0.2, 0.25) is 0 Å². The SMILES string of the molecule is COc1ccc2c(=O)n(C3=CCC(OC)C=C3)ccc2c1. The summed E-state index contributed by atoms with van der Waals surface area (Å²) < 4.78 is 12.1. The molecule has 0 spiro atoms. The molecule has 1 aromatic heterocycles. The van der Waals surface area contributed by atoms with E-state index in [0.717, 1.165) is 23.3 Å². The summed E-state index contributed by atoms with van der Waals surface area (Å²) in [5.74, 6) is 0.749. The van der Waals surface area contributed by atoms with Crippen molar-refractivity contribution in [3.63, 3.8) is 0 Å². The van der Waals surface area contributed by atoms with Crippen molar-refractivity contribution in [1.29, 1.82) is 0 Å². The highest BCUT2D eigenvalue weighted by Gasteiger charge is 2.11. The van der Waals surface area contributed by atoms with Crippen LogP contribution >= 0.6 is 0 Å². The van der Waals surface area contributed by atoms with E-state index in [2.05, 4.69) is 0 Å². The molecular weight excluding hydrogens is 266 g/mol. The molecule has 0 aliphatic heterocycles. The molecule has 0 saturated heterocycles. The molecule has 1 aliphatic rings. The first kappa shape index (κ1) is 13.6. The Labute approximate surface area is 122 Å². The summed E-state index contributed by atoms with van der Waals surface area (Å²) >= 11 is 0. The van der Waals surface area contributed by atoms with E-state index in [1.165, 1.54) is 0 Å². The van der Waals surface area contributed by atoms with Crippen LogP contribution in [0.15, 0.2) is 53.5 Å². The molecule has 0 amide bonds. The van der Waals surface area contributed by atoms with Gasteiger partial charge >= 0.3 is 0 Å². The van der Waals surface area contributed by atoms with Crippen molar-refractivity contribution < 1.29 is 9.47 Å². The molecule has 0 bridgehead atoms. The fourth-order valence-corrected chi connectivity index (χ4v) is 2.50. The highest BCUT2D eigenvalue weighted by atomic mass is 16.5. The summed E-state index contributed by atoms with van der Waals surface area (Å²) in [7, 11) is 3.30. The molecule has 1 aromatic carbocycles. The molecule has 1 heterocycles. The number of nitrogens with zero attached hydrogens (tertiary/aromatic N) is 1. The van der Waals surface area contributed by atoms with Crippen molar-refractivity contribution in [2.75, 3.05) is 14.2 Å². The minimum Gasteiger partial charge on any atom is -0.497 e.